The first-order valence-corrected chi connectivity index (χ1v) is 9.60. The molecule has 2 aromatic rings. The lowest BCUT2D eigenvalue weighted by Crippen LogP contribution is -2.39. The molecule has 0 saturated carbocycles. The van der Waals surface area contributed by atoms with Crippen LogP contribution in [0.1, 0.15) is 16.1 Å². The SMILES string of the molecule is CS(=O)(=O)N(CCNC(=O)c1ccco1)CCc1cccc(Cl)c1. The van der Waals surface area contributed by atoms with Gasteiger partial charge in [0.1, 0.15) is 0 Å². The summed E-state index contributed by atoms with van der Waals surface area (Å²) >= 11 is 5.93. The van der Waals surface area contributed by atoms with Crippen LogP contribution in [0.3, 0.4) is 0 Å². The number of rotatable bonds is 8. The van der Waals surface area contributed by atoms with Gasteiger partial charge in [-0.3, -0.25) is 4.79 Å². The van der Waals surface area contributed by atoms with Crippen molar-refractivity contribution < 1.29 is 17.6 Å². The molecule has 0 bridgehead atoms. The second-order valence-corrected chi connectivity index (χ2v) is 7.69. The fourth-order valence-electron chi connectivity index (χ4n) is 2.18. The van der Waals surface area contributed by atoms with Crippen molar-refractivity contribution in [2.24, 2.45) is 0 Å². The molecule has 0 unspecified atom stereocenters. The summed E-state index contributed by atoms with van der Waals surface area (Å²) in [6, 6.07) is 10.5. The van der Waals surface area contributed by atoms with Crippen LogP contribution >= 0.6 is 11.6 Å². The number of amides is 1. The van der Waals surface area contributed by atoms with Crippen LogP contribution in [0.2, 0.25) is 5.02 Å². The Morgan fingerprint density at radius 1 is 1.25 bits per heavy atom. The minimum absolute atomic E-state index is 0.186. The third kappa shape index (κ3) is 5.67. The number of sulfonamides is 1. The number of hydrogen-bond acceptors (Lipinski definition) is 4. The lowest BCUT2D eigenvalue weighted by molar-refractivity contribution is 0.0924. The van der Waals surface area contributed by atoms with Gasteiger partial charge in [0, 0.05) is 24.7 Å². The van der Waals surface area contributed by atoms with Gasteiger partial charge in [-0.05, 0) is 36.2 Å². The summed E-state index contributed by atoms with van der Waals surface area (Å²) in [6.45, 7) is 0.698. The number of halogens is 1. The molecule has 1 aromatic heterocycles. The van der Waals surface area contributed by atoms with Crippen molar-refractivity contribution in [3.8, 4) is 0 Å². The molecule has 0 atom stereocenters. The van der Waals surface area contributed by atoms with Gasteiger partial charge in [0.15, 0.2) is 5.76 Å². The molecule has 1 amide bonds. The van der Waals surface area contributed by atoms with E-state index in [0.29, 0.717) is 18.0 Å². The Labute approximate surface area is 146 Å². The van der Waals surface area contributed by atoms with Crippen LogP contribution in [-0.2, 0) is 16.4 Å². The van der Waals surface area contributed by atoms with E-state index in [1.165, 1.54) is 10.6 Å². The molecule has 0 spiro atoms. The standard InChI is InChI=1S/C16H19ClN2O4S/c1-24(21,22)19(9-7-13-4-2-5-14(17)12-13)10-8-18-16(20)15-6-3-11-23-15/h2-6,11-12H,7-10H2,1H3,(H,18,20). The highest BCUT2D eigenvalue weighted by molar-refractivity contribution is 7.88. The predicted octanol–water partition coefficient (Wildman–Crippen LogP) is 2.17. The van der Waals surface area contributed by atoms with E-state index in [9.17, 15) is 13.2 Å². The van der Waals surface area contributed by atoms with Crippen molar-refractivity contribution in [2.75, 3.05) is 25.9 Å². The number of carbonyl (C=O) groups is 1. The molecule has 0 aliphatic rings. The molecule has 1 aromatic carbocycles. The van der Waals surface area contributed by atoms with Crippen LogP contribution in [0.4, 0.5) is 0 Å². The van der Waals surface area contributed by atoms with Crippen LogP contribution < -0.4 is 5.32 Å². The van der Waals surface area contributed by atoms with Gasteiger partial charge in [0.2, 0.25) is 10.0 Å². The van der Waals surface area contributed by atoms with Crippen molar-refractivity contribution >= 4 is 27.5 Å². The van der Waals surface area contributed by atoms with E-state index in [-0.39, 0.29) is 24.8 Å². The smallest absolute Gasteiger partial charge is 0.287 e. The molecule has 6 nitrogen and oxygen atoms in total. The second-order valence-electron chi connectivity index (χ2n) is 5.28. The molecule has 1 N–H and O–H groups in total. The van der Waals surface area contributed by atoms with E-state index in [2.05, 4.69) is 5.32 Å². The Morgan fingerprint density at radius 2 is 2.04 bits per heavy atom. The molecule has 0 aliphatic heterocycles. The zero-order valence-electron chi connectivity index (χ0n) is 13.2. The summed E-state index contributed by atoms with van der Waals surface area (Å²) in [4.78, 5) is 11.8. The molecule has 0 fully saturated rings. The molecule has 8 heteroatoms. The maximum absolute atomic E-state index is 11.9. The van der Waals surface area contributed by atoms with Crippen LogP contribution in [0.5, 0.6) is 0 Å². The number of benzene rings is 1. The first-order chi connectivity index (χ1) is 11.4. The number of furan rings is 1. The summed E-state index contributed by atoms with van der Waals surface area (Å²) in [5.41, 5.74) is 0.954. The van der Waals surface area contributed by atoms with Crippen LogP contribution in [0.15, 0.2) is 47.1 Å². The number of nitrogens with one attached hydrogen (secondary N) is 1. The maximum Gasteiger partial charge on any atom is 0.287 e. The maximum atomic E-state index is 11.9. The summed E-state index contributed by atoms with van der Waals surface area (Å²) in [5.74, 6) is -0.178. The van der Waals surface area contributed by atoms with Gasteiger partial charge in [0.25, 0.3) is 5.91 Å². The normalized spacial score (nSPS) is 11.6. The first kappa shape index (κ1) is 18.5. The average molecular weight is 371 g/mol. The van der Waals surface area contributed by atoms with Crippen LogP contribution in [0, 0.1) is 0 Å². The average Bonchev–Trinajstić information content (AvgIpc) is 3.03. The van der Waals surface area contributed by atoms with Gasteiger partial charge in [-0.2, -0.15) is 0 Å². The lowest BCUT2D eigenvalue weighted by atomic mass is 10.1. The molecule has 0 radical (unpaired) electrons. The summed E-state index contributed by atoms with van der Waals surface area (Å²) in [6.07, 6.45) is 3.10. The molecular formula is C16H19ClN2O4S. The fourth-order valence-corrected chi connectivity index (χ4v) is 3.24. The Morgan fingerprint density at radius 3 is 2.67 bits per heavy atom. The predicted molar refractivity (Wildman–Crippen MR) is 92.6 cm³/mol. The Hall–Kier alpha value is -1.83. The minimum atomic E-state index is -3.37. The molecule has 2 rings (SSSR count). The van der Waals surface area contributed by atoms with Gasteiger partial charge in [0.05, 0.1) is 12.5 Å². The Bertz CT molecular complexity index is 775. The van der Waals surface area contributed by atoms with Crippen molar-refractivity contribution in [3.63, 3.8) is 0 Å². The van der Waals surface area contributed by atoms with Gasteiger partial charge in [-0.25, -0.2) is 12.7 Å². The quantitative estimate of drug-likeness (QED) is 0.772. The van der Waals surface area contributed by atoms with Gasteiger partial charge >= 0.3 is 0 Å². The van der Waals surface area contributed by atoms with Crippen molar-refractivity contribution in [1.29, 1.82) is 0 Å². The third-order valence-corrected chi connectivity index (χ3v) is 4.94. The molecule has 0 aliphatic carbocycles. The van der Waals surface area contributed by atoms with Crippen molar-refractivity contribution in [2.45, 2.75) is 6.42 Å². The van der Waals surface area contributed by atoms with E-state index >= 15 is 0 Å². The molecule has 1 heterocycles. The largest absolute Gasteiger partial charge is 0.459 e. The van der Waals surface area contributed by atoms with E-state index in [1.54, 1.807) is 24.3 Å². The van der Waals surface area contributed by atoms with E-state index in [0.717, 1.165) is 11.8 Å². The highest BCUT2D eigenvalue weighted by Gasteiger charge is 2.17. The summed E-state index contributed by atoms with van der Waals surface area (Å²) < 4.78 is 30.1. The van der Waals surface area contributed by atoms with Crippen LogP contribution in [-0.4, -0.2) is 44.5 Å². The summed E-state index contributed by atoms with van der Waals surface area (Å²) in [7, 11) is -3.37. The fraction of sp³-hybridized carbons (Fsp3) is 0.312. The van der Waals surface area contributed by atoms with Gasteiger partial charge < -0.3 is 9.73 Å². The highest BCUT2D eigenvalue weighted by atomic mass is 35.5. The number of carbonyl (C=O) groups excluding carboxylic acids is 1. The van der Waals surface area contributed by atoms with E-state index < -0.39 is 10.0 Å². The zero-order valence-corrected chi connectivity index (χ0v) is 14.8. The molecule has 130 valence electrons. The number of nitrogens with zero attached hydrogens (tertiary/aromatic N) is 1. The van der Waals surface area contributed by atoms with Crippen LogP contribution in [0.25, 0.3) is 0 Å². The first-order valence-electron chi connectivity index (χ1n) is 7.37. The zero-order chi connectivity index (χ0) is 17.6. The number of hydrogen-bond donors (Lipinski definition) is 1. The van der Waals surface area contributed by atoms with Crippen molar-refractivity contribution in [1.82, 2.24) is 9.62 Å². The highest BCUT2D eigenvalue weighted by Crippen LogP contribution is 2.12. The Balaban J connectivity index is 1.88. The van der Waals surface area contributed by atoms with E-state index in [4.69, 9.17) is 16.0 Å². The molecular weight excluding hydrogens is 352 g/mol. The van der Waals surface area contributed by atoms with Crippen molar-refractivity contribution in [3.05, 3.63) is 59.0 Å². The molecule has 24 heavy (non-hydrogen) atoms. The molecule has 0 saturated heterocycles. The topological polar surface area (TPSA) is 79.6 Å². The van der Waals surface area contributed by atoms with Gasteiger partial charge in [-0.1, -0.05) is 23.7 Å². The monoisotopic (exact) mass is 370 g/mol. The Kier molecular flexibility index (Phi) is 6.42. The second kappa shape index (κ2) is 8.32. The minimum Gasteiger partial charge on any atom is -0.459 e. The third-order valence-electron chi connectivity index (χ3n) is 3.40. The van der Waals surface area contributed by atoms with E-state index in [1.807, 2.05) is 12.1 Å². The summed E-state index contributed by atoms with van der Waals surface area (Å²) in [5, 5.41) is 3.25. The van der Waals surface area contributed by atoms with Gasteiger partial charge in [-0.15, -0.1) is 0 Å². The lowest BCUT2D eigenvalue weighted by Gasteiger charge is -2.20.